The molecule has 1 saturated heterocycles. The number of ether oxygens (including phenoxy) is 1. The fourth-order valence-corrected chi connectivity index (χ4v) is 2.64. The third-order valence-corrected chi connectivity index (χ3v) is 3.71. The second kappa shape index (κ2) is 7.68. The Bertz CT molecular complexity index is 262. The molecule has 106 valence electrons. The normalized spacial score (nSPS) is 22.4. The Balaban J connectivity index is 2.54. The number of carbonyl (C=O) groups is 1. The molecule has 1 aliphatic heterocycles. The van der Waals surface area contributed by atoms with E-state index in [-0.39, 0.29) is 11.9 Å². The van der Waals surface area contributed by atoms with E-state index >= 15 is 0 Å². The zero-order valence-electron chi connectivity index (χ0n) is 11.7. The summed E-state index contributed by atoms with van der Waals surface area (Å²) in [6.45, 7) is 5.63. The van der Waals surface area contributed by atoms with Crippen LogP contribution in [0.3, 0.4) is 0 Å². The molecular formula is C12H26N4O2. The first kappa shape index (κ1) is 15.4. The van der Waals surface area contributed by atoms with Gasteiger partial charge < -0.3 is 4.74 Å². The van der Waals surface area contributed by atoms with Crippen molar-refractivity contribution in [2.45, 2.75) is 31.8 Å². The average Bonchev–Trinajstić information content (AvgIpc) is 2.82. The number of hydrogen-bond acceptors (Lipinski definition) is 5. The molecule has 0 saturated carbocycles. The maximum atomic E-state index is 11.7. The smallest absolute Gasteiger partial charge is 0.253 e. The highest BCUT2D eigenvalue weighted by molar-refractivity contribution is 5.81. The van der Waals surface area contributed by atoms with Gasteiger partial charge in [0.05, 0.1) is 6.61 Å². The summed E-state index contributed by atoms with van der Waals surface area (Å²) in [7, 11) is 3.55. The number of nitrogens with one attached hydrogen (secondary N) is 1. The summed E-state index contributed by atoms with van der Waals surface area (Å²) >= 11 is 0. The number of nitrogens with zero attached hydrogens (tertiary/aromatic N) is 2. The van der Waals surface area contributed by atoms with Crippen LogP contribution in [0.4, 0.5) is 0 Å². The monoisotopic (exact) mass is 258 g/mol. The summed E-state index contributed by atoms with van der Waals surface area (Å²) in [4.78, 5) is 16.2. The van der Waals surface area contributed by atoms with Crippen molar-refractivity contribution in [3.8, 4) is 0 Å². The van der Waals surface area contributed by atoms with Crippen molar-refractivity contribution in [1.29, 1.82) is 0 Å². The number of hydrogen-bond donors (Lipinski definition) is 2. The summed E-state index contributed by atoms with van der Waals surface area (Å²) < 4.78 is 5.09. The lowest BCUT2D eigenvalue weighted by atomic mass is 10.1. The number of amides is 1. The van der Waals surface area contributed by atoms with E-state index in [1.165, 1.54) is 12.8 Å². The van der Waals surface area contributed by atoms with Crippen LogP contribution >= 0.6 is 0 Å². The van der Waals surface area contributed by atoms with Crippen molar-refractivity contribution in [2.24, 2.45) is 5.84 Å². The van der Waals surface area contributed by atoms with Crippen molar-refractivity contribution in [3.05, 3.63) is 0 Å². The first-order chi connectivity index (χ1) is 8.63. The number of methoxy groups -OCH3 is 1. The molecule has 1 aliphatic rings. The molecule has 3 N–H and O–H groups in total. The zero-order chi connectivity index (χ0) is 13.5. The van der Waals surface area contributed by atoms with Crippen LogP contribution in [0.1, 0.15) is 19.8 Å². The molecule has 1 heterocycles. The van der Waals surface area contributed by atoms with Crippen LogP contribution in [-0.2, 0) is 9.53 Å². The van der Waals surface area contributed by atoms with Gasteiger partial charge >= 0.3 is 0 Å². The minimum Gasteiger partial charge on any atom is -0.383 e. The van der Waals surface area contributed by atoms with Gasteiger partial charge in [0.15, 0.2) is 0 Å². The first-order valence-electron chi connectivity index (χ1n) is 6.57. The molecule has 2 unspecified atom stereocenters. The predicted octanol–water partition coefficient (Wildman–Crippen LogP) is -0.593. The van der Waals surface area contributed by atoms with Crippen LogP contribution in [0, 0.1) is 0 Å². The highest BCUT2D eigenvalue weighted by Gasteiger charge is 2.29. The Morgan fingerprint density at radius 1 is 1.67 bits per heavy atom. The van der Waals surface area contributed by atoms with Gasteiger partial charge in [-0.15, -0.1) is 0 Å². The van der Waals surface area contributed by atoms with Crippen molar-refractivity contribution < 1.29 is 9.53 Å². The summed E-state index contributed by atoms with van der Waals surface area (Å²) in [6, 6.07) is 0.212. The molecule has 6 heteroatoms. The summed E-state index contributed by atoms with van der Waals surface area (Å²) in [5, 5.41) is 0. The summed E-state index contributed by atoms with van der Waals surface area (Å²) in [5.41, 5.74) is 2.21. The topological polar surface area (TPSA) is 70.8 Å². The van der Waals surface area contributed by atoms with E-state index < -0.39 is 0 Å². The maximum Gasteiger partial charge on any atom is 0.253 e. The van der Waals surface area contributed by atoms with E-state index in [9.17, 15) is 4.79 Å². The third kappa shape index (κ3) is 3.91. The third-order valence-electron chi connectivity index (χ3n) is 3.71. The molecule has 0 aliphatic carbocycles. The molecule has 18 heavy (non-hydrogen) atoms. The molecule has 0 aromatic rings. The van der Waals surface area contributed by atoms with Gasteiger partial charge in [-0.25, -0.2) is 5.84 Å². The number of carbonyl (C=O) groups excluding carboxylic acids is 1. The zero-order valence-corrected chi connectivity index (χ0v) is 11.7. The minimum atomic E-state index is -0.320. The highest BCUT2D eigenvalue weighted by atomic mass is 16.5. The first-order valence-corrected chi connectivity index (χ1v) is 6.57. The largest absolute Gasteiger partial charge is 0.383 e. The fraction of sp³-hybridized carbons (Fsp3) is 0.917. The lowest BCUT2D eigenvalue weighted by Crippen LogP contribution is -2.52. The van der Waals surface area contributed by atoms with E-state index in [1.807, 2.05) is 11.9 Å². The molecule has 1 amide bonds. The SMILES string of the molecule is CCN1CCCC1CN(C)C(COC)C(=O)NN. The standard InChI is InChI=1S/C12H26N4O2/c1-4-16-7-5-6-10(16)8-15(2)11(9-18-3)12(17)14-13/h10-11H,4-9,13H2,1-3H3,(H,14,17). The van der Waals surface area contributed by atoms with E-state index in [4.69, 9.17) is 10.6 Å². The van der Waals surface area contributed by atoms with Crippen LogP contribution in [0.15, 0.2) is 0 Å². The Morgan fingerprint density at radius 3 is 2.94 bits per heavy atom. The van der Waals surface area contributed by atoms with Gasteiger partial charge in [-0.3, -0.25) is 20.0 Å². The number of hydrazine groups is 1. The van der Waals surface area contributed by atoms with E-state index in [2.05, 4.69) is 17.2 Å². The molecule has 0 bridgehead atoms. The lowest BCUT2D eigenvalue weighted by Gasteiger charge is -2.31. The van der Waals surface area contributed by atoms with Crippen LogP contribution in [0.5, 0.6) is 0 Å². The molecular weight excluding hydrogens is 232 g/mol. The van der Waals surface area contributed by atoms with Gasteiger partial charge in [0.2, 0.25) is 0 Å². The van der Waals surface area contributed by atoms with Crippen molar-refractivity contribution in [1.82, 2.24) is 15.2 Å². The van der Waals surface area contributed by atoms with Crippen LogP contribution < -0.4 is 11.3 Å². The number of likely N-dealkylation sites (N-methyl/N-ethyl adjacent to an activating group) is 2. The highest BCUT2D eigenvalue weighted by Crippen LogP contribution is 2.18. The van der Waals surface area contributed by atoms with Gasteiger partial charge in [-0.05, 0) is 33.0 Å². The Labute approximate surface area is 109 Å². The van der Waals surface area contributed by atoms with Crippen LogP contribution in [0.2, 0.25) is 0 Å². The van der Waals surface area contributed by atoms with Gasteiger partial charge in [0.25, 0.3) is 5.91 Å². The number of likely N-dealkylation sites (tertiary alicyclic amines) is 1. The van der Waals surface area contributed by atoms with Gasteiger partial charge in [0.1, 0.15) is 6.04 Å². The minimum absolute atomic E-state index is 0.194. The number of rotatable bonds is 7. The molecule has 1 rings (SSSR count). The van der Waals surface area contributed by atoms with E-state index in [1.54, 1.807) is 7.11 Å². The summed E-state index contributed by atoms with van der Waals surface area (Å²) in [6.07, 6.45) is 2.44. The summed E-state index contributed by atoms with van der Waals surface area (Å²) in [5.74, 6) is 5.02. The number of nitrogens with two attached hydrogens (primary N) is 1. The molecule has 6 nitrogen and oxygen atoms in total. The van der Waals surface area contributed by atoms with Gasteiger partial charge in [-0.1, -0.05) is 6.92 Å². The molecule has 0 aromatic carbocycles. The second-order valence-electron chi connectivity index (χ2n) is 4.84. The Hall–Kier alpha value is -0.690. The molecule has 0 aromatic heterocycles. The maximum absolute atomic E-state index is 11.7. The molecule has 0 radical (unpaired) electrons. The lowest BCUT2D eigenvalue weighted by molar-refractivity contribution is -0.128. The fourth-order valence-electron chi connectivity index (χ4n) is 2.64. The second-order valence-corrected chi connectivity index (χ2v) is 4.84. The van der Waals surface area contributed by atoms with Gasteiger partial charge in [-0.2, -0.15) is 0 Å². The van der Waals surface area contributed by atoms with Crippen LogP contribution in [-0.4, -0.2) is 68.2 Å². The van der Waals surface area contributed by atoms with Crippen LogP contribution in [0.25, 0.3) is 0 Å². The molecule has 0 spiro atoms. The van der Waals surface area contributed by atoms with E-state index in [0.717, 1.165) is 19.6 Å². The van der Waals surface area contributed by atoms with Crippen molar-refractivity contribution in [3.63, 3.8) is 0 Å². The Kier molecular flexibility index (Phi) is 6.56. The predicted molar refractivity (Wildman–Crippen MR) is 70.9 cm³/mol. The quantitative estimate of drug-likeness (QED) is 0.363. The van der Waals surface area contributed by atoms with E-state index in [0.29, 0.717) is 12.6 Å². The molecule has 2 atom stereocenters. The van der Waals surface area contributed by atoms with Gasteiger partial charge in [0, 0.05) is 19.7 Å². The molecule has 1 fully saturated rings. The Morgan fingerprint density at radius 2 is 2.39 bits per heavy atom. The van der Waals surface area contributed by atoms with Crippen molar-refractivity contribution in [2.75, 3.05) is 40.4 Å². The average molecular weight is 258 g/mol. The van der Waals surface area contributed by atoms with Crippen molar-refractivity contribution >= 4 is 5.91 Å².